The van der Waals surface area contributed by atoms with Gasteiger partial charge in [-0.3, -0.25) is 4.98 Å². The van der Waals surface area contributed by atoms with Crippen LogP contribution in [0.2, 0.25) is 0 Å². The number of aromatic nitrogens is 3. The first-order valence-electron chi connectivity index (χ1n) is 5.34. The monoisotopic (exact) mass is 258 g/mol. The maximum absolute atomic E-state index is 5.96. The van der Waals surface area contributed by atoms with Crippen LogP contribution in [0.5, 0.6) is 0 Å². The smallest absolute Gasteiger partial charge is 0.270 e. The third-order valence-electron chi connectivity index (χ3n) is 2.58. The molecule has 0 aliphatic heterocycles. The van der Waals surface area contributed by atoms with Crippen LogP contribution in [0.25, 0.3) is 22.2 Å². The molecule has 0 saturated heterocycles. The minimum absolute atomic E-state index is 0.456. The van der Waals surface area contributed by atoms with E-state index in [0.29, 0.717) is 17.4 Å². The molecule has 0 aromatic carbocycles. The first-order valence-corrected chi connectivity index (χ1v) is 6.21. The Morgan fingerprint density at radius 3 is 2.72 bits per heavy atom. The molecule has 0 aliphatic rings. The van der Waals surface area contributed by atoms with Crippen molar-refractivity contribution in [1.29, 1.82) is 0 Å². The fraction of sp³-hybridized carbons (Fsp3) is 0.0833. The number of anilines is 1. The molecule has 90 valence electrons. The van der Waals surface area contributed by atoms with Crippen LogP contribution >= 0.6 is 11.3 Å². The second-order valence-corrected chi connectivity index (χ2v) is 4.70. The molecule has 6 heteroatoms. The topological polar surface area (TPSA) is 77.8 Å². The molecule has 5 nitrogen and oxygen atoms in total. The lowest BCUT2D eigenvalue weighted by atomic mass is 10.2. The summed E-state index contributed by atoms with van der Waals surface area (Å²) in [5, 5.41) is 5.92. The highest BCUT2D eigenvalue weighted by Gasteiger charge is 2.15. The number of rotatable bonds is 2. The highest BCUT2D eigenvalue weighted by atomic mass is 32.1. The largest absolute Gasteiger partial charge is 0.397 e. The van der Waals surface area contributed by atoms with Crippen molar-refractivity contribution in [3.05, 3.63) is 35.5 Å². The van der Waals surface area contributed by atoms with Crippen molar-refractivity contribution < 1.29 is 4.52 Å². The molecule has 3 heterocycles. The highest BCUT2D eigenvalue weighted by Crippen LogP contribution is 2.34. The molecule has 0 unspecified atom stereocenters. The van der Waals surface area contributed by atoms with E-state index in [4.69, 9.17) is 10.3 Å². The second kappa shape index (κ2) is 4.23. The van der Waals surface area contributed by atoms with E-state index in [1.165, 1.54) is 11.3 Å². The van der Waals surface area contributed by atoms with E-state index in [9.17, 15) is 0 Å². The molecular formula is C12H10N4OS. The number of pyridine rings is 1. The van der Waals surface area contributed by atoms with Crippen molar-refractivity contribution in [1.82, 2.24) is 15.1 Å². The molecule has 0 fully saturated rings. The van der Waals surface area contributed by atoms with Crippen molar-refractivity contribution >= 4 is 17.0 Å². The number of nitrogens with zero attached hydrogens (tertiary/aromatic N) is 3. The van der Waals surface area contributed by atoms with Gasteiger partial charge in [-0.1, -0.05) is 5.16 Å². The van der Waals surface area contributed by atoms with Gasteiger partial charge in [0, 0.05) is 18.0 Å². The third kappa shape index (κ3) is 1.76. The summed E-state index contributed by atoms with van der Waals surface area (Å²) in [7, 11) is 0. The summed E-state index contributed by atoms with van der Waals surface area (Å²) < 4.78 is 5.25. The van der Waals surface area contributed by atoms with Crippen molar-refractivity contribution in [2.75, 3.05) is 5.73 Å². The summed E-state index contributed by atoms with van der Waals surface area (Å²) in [4.78, 5) is 9.12. The van der Waals surface area contributed by atoms with Crippen LogP contribution in [0.15, 0.2) is 34.4 Å². The fourth-order valence-electron chi connectivity index (χ4n) is 1.55. The van der Waals surface area contributed by atoms with Gasteiger partial charge in [0.15, 0.2) is 0 Å². The Bertz CT molecular complexity index is 674. The summed E-state index contributed by atoms with van der Waals surface area (Å²) in [6.45, 7) is 1.95. The first-order chi connectivity index (χ1) is 8.75. The normalized spacial score (nSPS) is 10.7. The Hall–Kier alpha value is -2.21. The molecule has 0 amide bonds. The zero-order chi connectivity index (χ0) is 12.5. The zero-order valence-corrected chi connectivity index (χ0v) is 10.4. The molecule has 0 radical (unpaired) electrons. The SMILES string of the molecule is Cc1csc(-c2nc(-c3ccncc3)no2)c1N. The van der Waals surface area contributed by atoms with Crippen LogP contribution in [0.3, 0.4) is 0 Å². The Morgan fingerprint density at radius 1 is 1.28 bits per heavy atom. The average Bonchev–Trinajstić information content (AvgIpc) is 3.00. The van der Waals surface area contributed by atoms with Crippen molar-refractivity contribution in [2.24, 2.45) is 0 Å². The van der Waals surface area contributed by atoms with Gasteiger partial charge in [-0.2, -0.15) is 4.98 Å². The second-order valence-electron chi connectivity index (χ2n) is 3.82. The van der Waals surface area contributed by atoms with Gasteiger partial charge in [-0.15, -0.1) is 11.3 Å². The van der Waals surface area contributed by atoms with Gasteiger partial charge in [-0.25, -0.2) is 0 Å². The van der Waals surface area contributed by atoms with Gasteiger partial charge in [0.1, 0.15) is 4.88 Å². The highest BCUT2D eigenvalue weighted by molar-refractivity contribution is 7.14. The van der Waals surface area contributed by atoms with Gasteiger partial charge in [0.05, 0.1) is 5.69 Å². The van der Waals surface area contributed by atoms with Gasteiger partial charge < -0.3 is 10.3 Å². The molecule has 18 heavy (non-hydrogen) atoms. The number of nitrogens with two attached hydrogens (primary N) is 1. The van der Waals surface area contributed by atoms with Crippen molar-refractivity contribution in [3.63, 3.8) is 0 Å². The number of aryl methyl sites for hydroxylation is 1. The summed E-state index contributed by atoms with van der Waals surface area (Å²) in [6.07, 6.45) is 3.38. The van der Waals surface area contributed by atoms with E-state index >= 15 is 0 Å². The minimum atomic E-state index is 0.456. The quantitative estimate of drug-likeness (QED) is 0.764. The van der Waals surface area contributed by atoms with Crippen molar-refractivity contribution in [3.8, 4) is 22.2 Å². The van der Waals surface area contributed by atoms with E-state index in [1.54, 1.807) is 12.4 Å². The molecule has 0 saturated carbocycles. The number of nitrogen functional groups attached to an aromatic ring is 1. The lowest BCUT2D eigenvalue weighted by molar-refractivity contribution is 0.433. The lowest BCUT2D eigenvalue weighted by Crippen LogP contribution is -1.87. The summed E-state index contributed by atoms with van der Waals surface area (Å²) in [6, 6.07) is 3.66. The first kappa shape index (κ1) is 10.9. The Labute approximate surface area is 107 Å². The van der Waals surface area contributed by atoms with E-state index in [-0.39, 0.29) is 0 Å². The van der Waals surface area contributed by atoms with E-state index in [2.05, 4.69) is 15.1 Å². The van der Waals surface area contributed by atoms with E-state index in [0.717, 1.165) is 16.0 Å². The zero-order valence-electron chi connectivity index (χ0n) is 9.62. The summed E-state index contributed by atoms with van der Waals surface area (Å²) in [5.74, 6) is 0.996. The van der Waals surface area contributed by atoms with E-state index in [1.807, 2.05) is 24.4 Å². The van der Waals surface area contributed by atoms with Crippen LogP contribution in [0.4, 0.5) is 5.69 Å². The maximum Gasteiger partial charge on any atom is 0.270 e. The molecule has 0 bridgehead atoms. The predicted molar refractivity (Wildman–Crippen MR) is 70.0 cm³/mol. The molecule has 0 aliphatic carbocycles. The Kier molecular flexibility index (Phi) is 2.56. The van der Waals surface area contributed by atoms with Gasteiger partial charge >= 0.3 is 0 Å². The minimum Gasteiger partial charge on any atom is -0.397 e. The molecule has 2 N–H and O–H groups in total. The average molecular weight is 258 g/mol. The van der Waals surface area contributed by atoms with Crippen LogP contribution in [0, 0.1) is 6.92 Å². The van der Waals surface area contributed by atoms with Crippen LogP contribution in [-0.4, -0.2) is 15.1 Å². The molecule has 3 aromatic rings. The summed E-state index contributed by atoms with van der Waals surface area (Å²) in [5.41, 5.74) is 8.55. The van der Waals surface area contributed by atoms with Gasteiger partial charge in [0.25, 0.3) is 5.89 Å². The Balaban J connectivity index is 2.02. The number of hydrogen-bond acceptors (Lipinski definition) is 6. The molecule has 3 rings (SSSR count). The molecular weight excluding hydrogens is 248 g/mol. The Morgan fingerprint density at radius 2 is 2.06 bits per heavy atom. The van der Waals surface area contributed by atoms with Crippen LogP contribution < -0.4 is 5.73 Å². The van der Waals surface area contributed by atoms with E-state index < -0.39 is 0 Å². The van der Waals surface area contributed by atoms with Gasteiger partial charge in [-0.05, 0) is 30.0 Å². The van der Waals surface area contributed by atoms with Crippen LogP contribution in [-0.2, 0) is 0 Å². The predicted octanol–water partition coefficient (Wildman–Crippen LogP) is 2.75. The maximum atomic E-state index is 5.96. The molecule has 0 spiro atoms. The summed E-state index contributed by atoms with van der Waals surface area (Å²) >= 11 is 1.50. The standard InChI is InChI=1S/C12H10N4OS/c1-7-6-18-10(9(7)13)12-15-11(16-17-12)8-2-4-14-5-3-8/h2-6H,13H2,1H3. The lowest BCUT2D eigenvalue weighted by Gasteiger charge is -1.92. The molecule has 3 aromatic heterocycles. The number of thiophene rings is 1. The third-order valence-corrected chi connectivity index (χ3v) is 3.68. The molecule has 0 atom stereocenters. The van der Waals surface area contributed by atoms with Crippen molar-refractivity contribution in [2.45, 2.75) is 6.92 Å². The van der Waals surface area contributed by atoms with Gasteiger partial charge in [0.2, 0.25) is 5.82 Å². The van der Waals surface area contributed by atoms with Crippen LogP contribution in [0.1, 0.15) is 5.56 Å². The number of hydrogen-bond donors (Lipinski definition) is 1. The fourth-order valence-corrected chi connectivity index (χ4v) is 2.45.